The number of fused-ring (bicyclic) bond motifs is 2. The molecule has 0 aliphatic carbocycles. The van der Waals surface area contributed by atoms with Gasteiger partial charge in [-0.25, -0.2) is 12.4 Å². The lowest BCUT2D eigenvalue weighted by Crippen LogP contribution is -2.19. The second kappa shape index (κ2) is 7.30. The monoisotopic (exact) mass is 394 g/mol. The highest BCUT2D eigenvalue weighted by atomic mass is 32.2. The largest absolute Gasteiger partial charge is 0.492 e. The van der Waals surface area contributed by atoms with Gasteiger partial charge in [-0.05, 0) is 43.7 Å². The van der Waals surface area contributed by atoms with Crippen molar-refractivity contribution >= 4 is 31.7 Å². The van der Waals surface area contributed by atoms with Crippen LogP contribution in [0.3, 0.4) is 0 Å². The molecule has 0 radical (unpaired) electrons. The number of benzene rings is 3. The summed E-state index contributed by atoms with van der Waals surface area (Å²) in [6, 6.07) is 20.1. The zero-order chi connectivity index (χ0) is 19.7. The first kappa shape index (κ1) is 18.5. The molecule has 0 aliphatic rings. The van der Waals surface area contributed by atoms with Gasteiger partial charge < -0.3 is 9.64 Å². The van der Waals surface area contributed by atoms with Crippen LogP contribution < -0.4 is 4.74 Å². The van der Waals surface area contributed by atoms with E-state index in [1.165, 1.54) is 3.97 Å². The Balaban J connectivity index is 1.80. The fraction of sp³-hybridized carbons (Fsp3) is 0.182. The minimum absolute atomic E-state index is 0.294. The molecule has 0 saturated heterocycles. The average Bonchev–Trinajstić information content (AvgIpc) is 3.13. The molecule has 3 aromatic carbocycles. The first-order valence-corrected chi connectivity index (χ1v) is 10.5. The van der Waals surface area contributed by atoms with Gasteiger partial charge >= 0.3 is 0 Å². The van der Waals surface area contributed by atoms with E-state index < -0.39 is 10.0 Å². The van der Waals surface area contributed by atoms with Gasteiger partial charge in [0.25, 0.3) is 10.0 Å². The van der Waals surface area contributed by atoms with Gasteiger partial charge in [-0.3, -0.25) is 0 Å². The highest BCUT2D eigenvalue weighted by molar-refractivity contribution is 7.90. The summed E-state index contributed by atoms with van der Waals surface area (Å²) in [5, 5.41) is 2.39. The van der Waals surface area contributed by atoms with Gasteiger partial charge in [0.15, 0.2) is 0 Å². The van der Waals surface area contributed by atoms with E-state index in [1.807, 2.05) is 61.5 Å². The SMILES string of the molecule is CN(C)CCOc1cccc2c1ccn2S(=O)(=O)c1cccc2ccccc12. The van der Waals surface area contributed by atoms with Crippen LogP contribution in [-0.4, -0.2) is 44.5 Å². The van der Waals surface area contributed by atoms with Gasteiger partial charge in [0, 0.05) is 23.5 Å². The summed E-state index contributed by atoms with van der Waals surface area (Å²) in [6.45, 7) is 1.32. The molecule has 1 aromatic heterocycles. The van der Waals surface area contributed by atoms with E-state index in [9.17, 15) is 8.42 Å². The number of hydrogen-bond acceptors (Lipinski definition) is 4. The number of hydrogen-bond donors (Lipinski definition) is 0. The third-order valence-corrected chi connectivity index (χ3v) is 6.49. The molecule has 5 nitrogen and oxygen atoms in total. The zero-order valence-corrected chi connectivity index (χ0v) is 16.7. The Kier molecular flexibility index (Phi) is 4.83. The lowest BCUT2D eigenvalue weighted by molar-refractivity contribution is 0.263. The van der Waals surface area contributed by atoms with Gasteiger partial charge in [0.2, 0.25) is 0 Å². The molecule has 0 atom stereocenters. The molecule has 0 saturated carbocycles. The first-order valence-electron chi connectivity index (χ1n) is 9.09. The molecule has 0 unspecified atom stereocenters. The van der Waals surface area contributed by atoms with Crippen LogP contribution in [-0.2, 0) is 10.0 Å². The molecule has 0 aliphatic heterocycles. The molecular formula is C22H22N2O3S. The third kappa shape index (κ3) is 3.25. The van der Waals surface area contributed by atoms with Crippen LogP contribution in [0.4, 0.5) is 0 Å². The maximum absolute atomic E-state index is 13.5. The Bertz CT molecular complexity index is 1240. The Morgan fingerprint density at radius 3 is 2.46 bits per heavy atom. The summed E-state index contributed by atoms with van der Waals surface area (Å²) >= 11 is 0. The van der Waals surface area contributed by atoms with Crippen molar-refractivity contribution in [3.8, 4) is 5.75 Å². The Hall–Kier alpha value is -2.83. The molecular weight excluding hydrogens is 372 g/mol. The van der Waals surface area contributed by atoms with E-state index in [0.717, 1.165) is 17.3 Å². The summed E-state index contributed by atoms with van der Waals surface area (Å²) < 4.78 is 34.1. The van der Waals surface area contributed by atoms with E-state index >= 15 is 0 Å². The van der Waals surface area contributed by atoms with Gasteiger partial charge in [-0.2, -0.15) is 0 Å². The third-order valence-electron chi connectivity index (χ3n) is 4.74. The van der Waals surface area contributed by atoms with Crippen LogP contribution in [0.2, 0.25) is 0 Å². The smallest absolute Gasteiger partial charge is 0.268 e. The second-order valence-electron chi connectivity index (χ2n) is 6.93. The summed E-state index contributed by atoms with van der Waals surface area (Å²) in [5.41, 5.74) is 0.607. The number of ether oxygens (including phenoxy) is 1. The normalized spacial score (nSPS) is 12.1. The maximum Gasteiger partial charge on any atom is 0.268 e. The predicted octanol–water partition coefficient (Wildman–Crippen LogP) is 3.97. The van der Waals surface area contributed by atoms with Gasteiger partial charge in [0.1, 0.15) is 12.4 Å². The van der Waals surface area contributed by atoms with Crippen LogP contribution in [0.25, 0.3) is 21.7 Å². The topological polar surface area (TPSA) is 51.5 Å². The number of aromatic nitrogens is 1. The van der Waals surface area contributed by atoms with Crippen molar-refractivity contribution in [3.05, 3.63) is 72.9 Å². The fourth-order valence-electron chi connectivity index (χ4n) is 3.31. The molecule has 0 amide bonds. The van der Waals surface area contributed by atoms with Gasteiger partial charge in [-0.1, -0.05) is 42.5 Å². The molecule has 0 fully saturated rings. The average molecular weight is 394 g/mol. The van der Waals surface area contributed by atoms with Crippen molar-refractivity contribution in [2.75, 3.05) is 27.2 Å². The van der Waals surface area contributed by atoms with E-state index in [2.05, 4.69) is 0 Å². The van der Waals surface area contributed by atoms with E-state index in [4.69, 9.17) is 4.74 Å². The minimum atomic E-state index is -3.75. The Morgan fingerprint density at radius 1 is 0.893 bits per heavy atom. The van der Waals surface area contributed by atoms with Gasteiger partial charge in [0.05, 0.1) is 10.4 Å². The molecule has 4 rings (SSSR count). The summed E-state index contributed by atoms with van der Waals surface area (Å²) in [4.78, 5) is 2.33. The predicted molar refractivity (Wildman–Crippen MR) is 113 cm³/mol. The van der Waals surface area contributed by atoms with Crippen molar-refractivity contribution in [1.29, 1.82) is 0 Å². The maximum atomic E-state index is 13.5. The summed E-state index contributed by atoms with van der Waals surface area (Å²) in [7, 11) is 0.220. The van der Waals surface area contributed by atoms with Crippen LogP contribution in [0, 0.1) is 0 Å². The molecule has 144 valence electrons. The lowest BCUT2D eigenvalue weighted by Gasteiger charge is -2.13. The van der Waals surface area contributed by atoms with Crippen LogP contribution in [0.1, 0.15) is 0 Å². The van der Waals surface area contributed by atoms with Crippen LogP contribution in [0.15, 0.2) is 77.8 Å². The standard InChI is InChI=1S/C22H22N2O3S/c1-23(2)15-16-27-21-11-6-10-20-19(21)13-14-24(20)28(25,26)22-12-5-8-17-7-3-4-9-18(17)22/h3-14H,15-16H2,1-2H3. The number of likely N-dealkylation sites (N-methyl/N-ethyl adjacent to an activating group) is 1. The van der Waals surface area contributed by atoms with Crippen molar-refractivity contribution in [2.24, 2.45) is 0 Å². The van der Waals surface area contributed by atoms with Gasteiger partial charge in [-0.15, -0.1) is 0 Å². The minimum Gasteiger partial charge on any atom is -0.492 e. The van der Waals surface area contributed by atoms with E-state index in [1.54, 1.807) is 30.5 Å². The summed E-state index contributed by atoms with van der Waals surface area (Å²) in [5.74, 6) is 0.686. The molecule has 4 aromatic rings. The first-order chi connectivity index (χ1) is 13.5. The van der Waals surface area contributed by atoms with Crippen molar-refractivity contribution in [1.82, 2.24) is 8.87 Å². The summed E-state index contributed by atoms with van der Waals surface area (Å²) in [6.07, 6.45) is 1.60. The van der Waals surface area contributed by atoms with E-state index in [-0.39, 0.29) is 0 Å². The molecule has 0 N–H and O–H groups in total. The zero-order valence-electron chi connectivity index (χ0n) is 15.9. The molecule has 0 bridgehead atoms. The van der Waals surface area contributed by atoms with Crippen LogP contribution >= 0.6 is 0 Å². The van der Waals surface area contributed by atoms with Crippen molar-refractivity contribution < 1.29 is 13.2 Å². The number of rotatable bonds is 6. The molecule has 28 heavy (non-hydrogen) atoms. The number of nitrogens with zero attached hydrogens (tertiary/aromatic N) is 2. The lowest BCUT2D eigenvalue weighted by atomic mass is 10.1. The van der Waals surface area contributed by atoms with Crippen LogP contribution in [0.5, 0.6) is 5.75 Å². The second-order valence-corrected chi connectivity index (χ2v) is 8.72. The Morgan fingerprint density at radius 2 is 1.64 bits per heavy atom. The highest BCUT2D eigenvalue weighted by Gasteiger charge is 2.22. The molecule has 0 spiro atoms. The highest BCUT2D eigenvalue weighted by Crippen LogP contribution is 2.31. The van der Waals surface area contributed by atoms with E-state index in [0.29, 0.717) is 28.2 Å². The molecule has 1 heterocycles. The van der Waals surface area contributed by atoms with Crippen molar-refractivity contribution in [3.63, 3.8) is 0 Å². The Labute approximate surface area is 164 Å². The van der Waals surface area contributed by atoms with Crippen molar-refractivity contribution in [2.45, 2.75) is 4.90 Å². The fourth-order valence-corrected chi connectivity index (χ4v) is 4.88. The quantitative estimate of drug-likeness (QED) is 0.497. The molecule has 6 heteroatoms.